The van der Waals surface area contributed by atoms with E-state index in [1.807, 2.05) is 19.3 Å². The minimum Gasteiger partial charge on any atom is -0.350 e. The van der Waals surface area contributed by atoms with E-state index in [-0.39, 0.29) is 11.7 Å². The van der Waals surface area contributed by atoms with E-state index < -0.39 is 0 Å². The van der Waals surface area contributed by atoms with Crippen molar-refractivity contribution in [3.63, 3.8) is 0 Å². The molecule has 0 bridgehead atoms. The highest BCUT2D eigenvalue weighted by Gasteiger charge is 2.10. The number of nitrogens with zero attached hydrogens (tertiary/aromatic N) is 1. The molecule has 100 valence electrons. The molecule has 0 spiro atoms. The topological polar surface area (TPSA) is 34.0 Å². The zero-order valence-electron chi connectivity index (χ0n) is 10.5. The summed E-state index contributed by atoms with van der Waals surface area (Å²) >= 11 is 3.32. The van der Waals surface area contributed by atoms with Crippen LogP contribution < -0.4 is 5.32 Å². The van der Waals surface area contributed by atoms with Crippen LogP contribution in [0, 0.1) is 5.82 Å². The van der Waals surface area contributed by atoms with Gasteiger partial charge in [0.2, 0.25) is 0 Å². The Labute approximate surface area is 119 Å². The average Bonchev–Trinajstić information content (AvgIpc) is 2.68. The van der Waals surface area contributed by atoms with Gasteiger partial charge in [0, 0.05) is 24.3 Å². The van der Waals surface area contributed by atoms with Crippen molar-refractivity contribution >= 4 is 21.8 Å². The second-order valence-corrected chi connectivity index (χ2v) is 5.21. The minimum absolute atomic E-state index is 0.135. The Hall–Kier alpha value is -1.62. The summed E-state index contributed by atoms with van der Waals surface area (Å²) < 4.78 is 15.6. The Morgan fingerprint density at radius 3 is 2.84 bits per heavy atom. The fraction of sp³-hybridized carbons (Fsp3) is 0.214. The lowest BCUT2D eigenvalue weighted by Crippen LogP contribution is -2.27. The van der Waals surface area contributed by atoms with Crippen LogP contribution in [0.3, 0.4) is 0 Å². The van der Waals surface area contributed by atoms with Crippen molar-refractivity contribution in [2.24, 2.45) is 7.05 Å². The second-order valence-electron chi connectivity index (χ2n) is 4.29. The molecule has 1 heterocycles. The molecule has 0 atom stereocenters. The van der Waals surface area contributed by atoms with Crippen LogP contribution >= 0.6 is 15.9 Å². The van der Waals surface area contributed by atoms with Crippen molar-refractivity contribution in [2.75, 3.05) is 6.54 Å². The largest absolute Gasteiger partial charge is 0.350 e. The Kier molecular flexibility index (Phi) is 4.37. The number of carbonyl (C=O) groups is 1. The number of halogens is 2. The fourth-order valence-electron chi connectivity index (χ4n) is 1.85. The smallest absolute Gasteiger partial charge is 0.267 e. The predicted molar refractivity (Wildman–Crippen MR) is 75.6 cm³/mol. The molecule has 1 amide bonds. The van der Waals surface area contributed by atoms with E-state index in [0.717, 1.165) is 10.0 Å². The normalized spacial score (nSPS) is 10.5. The Balaban J connectivity index is 1.89. The molecule has 0 aliphatic heterocycles. The molecule has 3 nitrogen and oxygen atoms in total. The van der Waals surface area contributed by atoms with Gasteiger partial charge in [0.1, 0.15) is 11.5 Å². The van der Waals surface area contributed by atoms with Gasteiger partial charge < -0.3 is 9.88 Å². The maximum absolute atomic E-state index is 13.0. The third-order valence-corrected chi connectivity index (χ3v) is 3.23. The number of carbonyl (C=O) groups excluding carboxylic acids is 1. The van der Waals surface area contributed by atoms with Gasteiger partial charge in [-0.2, -0.15) is 0 Å². The van der Waals surface area contributed by atoms with Crippen LogP contribution in [0.4, 0.5) is 4.39 Å². The average molecular weight is 325 g/mol. The molecule has 0 radical (unpaired) electrons. The number of aromatic nitrogens is 1. The molecule has 0 unspecified atom stereocenters. The zero-order chi connectivity index (χ0) is 13.8. The molecule has 0 fully saturated rings. The molecule has 0 aliphatic carbocycles. The monoisotopic (exact) mass is 324 g/mol. The third kappa shape index (κ3) is 3.67. The molecule has 0 saturated carbocycles. The zero-order valence-corrected chi connectivity index (χ0v) is 12.1. The molecule has 5 heteroatoms. The summed E-state index contributed by atoms with van der Waals surface area (Å²) in [6.07, 6.45) is 2.43. The first-order valence-corrected chi connectivity index (χ1v) is 6.70. The van der Waals surface area contributed by atoms with Crippen LogP contribution in [0.1, 0.15) is 16.1 Å². The summed E-state index contributed by atoms with van der Waals surface area (Å²) in [5.74, 6) is -0.389. The molecule has 2 rings (SSSR count). The summed E-state index contributed by atoms with van der Waals surface area (Å²) in [5, 5.41) is 2.82. The van der Waals surface area contributed by atoms with Gasteiger partial charge in [-0.3, -0.25) is 4.79 Å². The number of rotatable bonds is 4. The standard InChI is InChI=1S/C14H14BrFN2O/c1-18-9-11(15)8-13(18)14(19)17-6-5-10-3-2-4-12(16)7-10/h2-4,7-9H,5-6H2,1H3,(H,17,19). The SMILES string of the molecule is Cn1cc(Br)cc1C(=O)NCCc1cccc(F)c1. The highest BCUT2D eigenvalue weighted by atomic mass is 79.9. The Morgan fingerprint density at radius 2 is 2.21 bits per heavy atom. The van der Waals surface area contributed by atoms with Crippen molar-refractivity contribution < 1.29 is 9.18 Å². The van der Waals surface area contributed by atoms with Crippen LogP contribution in [0.25, 0.3) is 0 Å². The van der Waals surface area contributed by atoms with Crippen molar-refractivity contribution in [1.82, 2.24) is 9.88 Å². The number of nitrogens with one attached hydrogen (secondary N) is 1. The van der Waals surface area contributed by atoms with Crippen molar-refractivity contribution in [3.8, 4) is 0 Å². The second kappa shape index (κ2) is 6.02. The number of aryl methyl sites for hydroxylation is 1. The van der Waals surface area contributed by atoms with E-state index in [1.165, 1.54) is 12.1 Å². The lowest BCUT2D eigenvalue weighted by atomic mass is 10.1. The molecule has 1 N–H and O–H groups in total. The van der Waals surface area contributed by atoms with E-state index >= 15 is 0 Å². The maximum Gasteiger partial charge on any atom is 0.267 e. The van der Waals surface area contributed by atoms with Gasteiger partial charge in [-0.25, -0.2) is 4.39 Å². The summed E-state index contributed by atoms with van der Waals surface area (Å²) in [7, 11) is 1.81. The quantitative estimate of drug-likeness (QED) is 0.921. The minimum atomic E-state index is -0.254. The molecular formula is C14H14BrFN2O. The highest BCUT2D eigenvalue weighted by Crippen LogP contribution is 2.13. The predicted octanol–water partition coefficient (Wildman–Crippen LogP) is 2.90. The number of hydrogen-bond acceptors (Lipinski definition) is 1. The summed E-state index contributed by atoms with van der Waals surface area (Å²) in [6.45, 7) is 0.477. The van der Waals surface area contributed by atoms with E-state index in [4.69, 9.17) is 0 Å². The van der Waals surface area contributed by atoms with Gasteiger partial charge in [0.15, 0.2) is 0 Å². The van der Waals surface area contributed by atoms with Gasteiger partial charge in [-0.15, -0.1) is 0 Å². The third-order valence-electron chi connectivity index (χ3n) is 2.79. The van der Waals surface area contributed by atoms with Crippen molar-refractivity contribution in [1.29, 1.82) is 0 Å². The van der Waals surface area contributed by atoms with E-state index in [9.17, 15) is 9.18 Å². The maximum atomic E-state index is 13.0. The molecule has 19 heavy (non-hydrogen) atoms. The molecular weight excluding hydrogens is 311 g/mol. The van der Waals surface area contributed by atoms with Crippen molar-refractivity contribution in [2.45, 2.75) is 6.42 Å². The number of amides is 1. The Bertz CT molecular complexity index is 595. The molecule has 2 aromatic rings. The van der Waals surface area contributed by atoms with Crippen LogP contribution in [0.15, 0.2) is 41.0 Å². The van der Waals surface area contributed by atoms with Gasteiger partial charge in [-0.05, 0) is 46.1 Å². The van der Waals surface area contributed by atoms with Gasteiger partial charge >= 0.3 is 0 Å². The highest BCUT2D eigenvalue weighted by molar-refractivity contribution is 9.10. The lowest BCUT2D eigenvalue weighted by molar-refractivity contribution is 0.0946. The van der Waals surface area contributed by atoms with Gasteiger partial charge in [0.05, 0.1) is 0 Å². The van der Waals surface area contributed by atoms with E-state index in [0.29, 0.717) is 18.7 Å². The fourth-order valence-corrected chi connectivity index (χ4v) is 2.38. The first-order chi connectivity index (χ1) is 9.06. The molecule has 1 aromatic carbocycles. The van der Waals surface area contributed by atoms with Crippen LogP contribution in [0.5, 0.6) is 0 Å². The summed E-state index contributed by atoms with van der Waals surface area (Å²) in [4.78, 5) is 11.9. The van der Waals surface area contributed by atoms with Crippen LogP contribution in [-0.2, 0) is 13.5 Å². The lowest BCUT2D eigenvalue weighted by Gasteiger charge is -2.06. The number of hydrogen-bond donors (Lipinski definition) is 1. The molecule has 0 aliphatic rings. The first kappa shape index (κ1) is 13.8. The van der Waals surface area contributed by atoms with E-state index in [1.54, 1.807) is 16.7 Å². The van der Waals surface area contributed by atoms with Crippen LogP contribution in [-0.4, -0.2) is 17.0 Å². The van der Waals surface area contributed by atoms with Gasteiger partial charge in [-0.1, -0.05) is 12.1 Å². The van der Waals surface area contributed by atoms with Crippen molar-refractivity contribution in [3.05, 3.63) is 58.1 Å². The Morgan fingerprint density at radius 1 is 1.42 bits per heavy atom. The first-order valence-electron chi connectivity index (χ1n) is 5.91. The summed E-state index contributed by atoms with van der Waals surface area (Å²) in [5.41, 5.74) is 1.46. The summed E-state index contributed by atoms with van der Waals surface area (Å²) in [6, 6.07) is 8.15. The van der Waals surface area contributed by atoms with Crippen LogP contribution in [0.2, 0.25) is 0 Å². The molecule has 1 aromatic heterocycles. The number of benzene rings is 1. The van der Waals surface area contributed by atoms with E-state index in [2.05, 4.69) is 21.2 Å². The molecule has 0 saturated heterocycles. The van der Waals surface area contributed by atoms with Gasteiger partial charge in [0.25, 0.3) is 5.91 Å².